The van der Waals surface area contributed by atoms with E-state index in [1.165, 1.54) is 98.3 Å². The number of aryl methyl sites for hydroxylation is 5. The SMILES string of the molecule is CC(C)CCc1cn(-c2ccc(CC(=O)Cc3cccc4cnccc34)cc2)nn1.CCCCCCc1cn(-c2ccc(CC(=O)Cc3ccccc3C(F)(F)F)cc2)nn1.CCCCc1cn(-c2ccc(CC(=O)Cc3ccccc3C(F)(F)F)cn2)nn1.CCCCn1nnc(-c2ccc(CC(=O)Cc3ccccc3C(F)(F)F)cc2)n1.O=C(Cc1ccc(-n2cc(CCCF)nn2)cc1)Cc1ccccc1C(F)(F)F. The number of benzene rings is 9. The molecule has 0 atom stereocenters. The number of fused-ring (bicyclic) bond motifs is 1. The van der Waals surface area contributed by atoms with Gasteiger partial charge in [-0.1, -0.05) is 245 Å². The van der Waals surface area contributed by atoms with Crippen molar-refractivity contribution in [3.05, 3.63) is 375 Å². The van der Waals surface area contributed by atoms with Gasteiger partial charge in [0.25, 0.3) is 0 Å². The Morgan fingerprint density at radius 3 is 1.07 bits per heavy atom. The van der Waals surface area contributed by atoms with Crippen LogP contribution >= 0.6 is 0 Å². The first-order valence-electron chi connectivity index (χ1n) is 48.9. The minimum Gasteiger partial charge on any atom is -0.299 e. The van der Waals surface area contributed by atoms with Crippen LogP contribution in [0.5, 0.6) is 0 Å². The van der Waals surface area contributed by atoms with E-state index in [1.54, 1.807) is 109 Å². The van der Waals surface area contributed by atoms with Gasteiger partial charge in [0.2, 0.25) is 5.82 Å². The minimum atomic E-state index is -4.49. The zero-order valence-corrected chi connectivity index (χ0v) is 82.4. The fourth-order valence-corrected chi connectivity index (χ4v) is 16.1. The number of pyridine rings is 2. The van der Waals surface area contributed by atoms with E-state index in [2.05, 4.69) is 101 Å². The first-order chi connectivity index (χ1) is 71.0. The molecule has 7 aromatic heterocycles. The van der Waals surface area contributed by atoms with Crippen molar-refractivity contribution in [2.45, 2.75) is 220 Å². The molecule has 0 bridgehead atoms. The number of carbonyl (C=O) groups is 5. The van der Waals surface area contributed by atoms with Crippen LogP contribution < -0.4 is 0 Å². The molecule has 0 aliphatic heterocycles. The van der Waals surface area contributed by atoms with E-state index in [0.29, 0.717) is 66.6 Å². The largest absolute Gasteiger partial charge is 0.416 e. The van der Waals surface area contributed by atoms with E-state index in [4.69, 9.17) is 0 Å². The van der Waals surface area contributed by atoms with Crippen LogP contribution in [-0.2, 0) is 145 Å². The highest BCUT2D eigenvalue weighted by Crippen LogP contribution is 2.37. The van der Waals surface area contributed by atoms with Crippen LogP contribution in [0.3, 0.4) is 0 Å². The molecule has 0 aliphatic rings. The maximum Gasteiger partial charge on any atom is 0.416 e. The lowest BCUT2D eigenvalue weighted by molar-refractivity contribution is -0.139. The fourth-order valence-electron chi connectivity index (χ4n) is 16.1. The lowest BCUT2D eigenvalue weighted by Gasteiger charge is -2.12. The van der Waals surface area contributed by atoms with Crippen molar-refractivity contribution in [2.24, 2.45) is 5.92 Å². The van der Waals surface area contributed by atoms with Crippen LogP contribution in [0.1, 0.15) is 199 Å². The standard InChI is InChI=1S/C25H26N4O.C24H26F3N3O.C21H19F4N3O.2C21H21F3N4O/c1-18(2)6-9-22-17-29(28-27-22)23-10-7-19(8-11-23)14-24(30)15-20-4-3-5-21-16-26-13-12-25(20)21;1-2-3-4-5-9-20-17-30(29-28-20)21-13-11-18(12-14-21)15-22(31)16-19-8-6-7-10-23(19)24(25,26)27;22-11-3-5-17-14-28(27-26-17)18-9-7-15(8-10-18)12-19(29)13-16-4-1-2-6-20(16)21(23,24)25;1-2-3-12-28-26-20(25-27-28)16-10-8-15(9-11-16)13-18(29)14-17-6-4-5-7-19(17)21(22,23)24;1-2-3-7-17-14-28(27-26-17)20-10-9-15(13-25-20)11-18(29)12-16-6-4-5-8-19(16)21(22,23)24/h3-5,7-8,10-13,16-18H,6,9,14-15H2,1-2H3;6-8,10-14,17H,2-5,9,15-16H2,1H3;1-2,4,6-10,14H,3,5,11-13H2;4-11H,2-3,12-14H2,1H3;4-6,8-10,13-14H,2-3,7,11-12H2,1H3. The molecule has 0 N–H and O–H groups in total. The van der Waals surface area contributed by atoms with Gasteiger partial charge in [0.15, 0.2) is 5.82 Å². The summed E-state index contributed by atoms with van der Waals surface area (Å²) in [6.45, 7) is 11.1. The Morgan fingerprint density at radius 2 is 0.682 bits per heavy atom. The molecule has 0 amide bonds. The third kappa shape index (κ3) is 34.7. The normalized spacial score (nSPS) is 11.5. The minimum absolute atomic E-state index is 0.00508. The van der Waals surface area contributed by atoms with Gasteiger partial charge in [-0.05, 0) is 203 Å². The van der Waals surface area contributed by atoms with E-state index < -0.39 is 53.6 Å². The van der Waals surface area contributed by atoms with Gasteiger partial charge in [0.1, 0.15) is 28.9 Å². The fraction of sp³-hybridized carbons (Fsp3) is 0.321. The number of ketones is 5. The lowest BCUT2D eigenvalue weighted by atomic mass is 9.98. The number of Topliss-reactive ketones (excluding diaryl/α,β-unsaturated/α-hetero) is 5. The molecule has 0 saturated heterocycles. The van der Waals surface area contributed by atoms with Crippen LogP contribution in [0.15, 0.2) is 274 Å². The number of tetrazole rings is 1. The molecule has 23 nitrogen and oxygen atoms in total. The van der Waals surface area contributed by atoms with E-state index >= 15 is 0 Å². The molecule has 148 heavy (non-hydrogen) atoms. The van der Waals surface area contributed by atoms with Gasteiger partial charge in [-0.2, -0.15) is 57.5 Å². The molecule has 0 unspecified atom stereocenters. The molecule has 0 radical (unpaired) electrons. The van der Waals surface area contributed by atoms with Crippen molar-refractivity contribution in [2.75, 3.05) is 6.67 Å². The van der Waals surface area contributed by atoms with Gasteiger partial charge in [-0.3, -0.25) is 33.3 Å². The Bertz CT molecular complexity index is 6570. The molecule has 0 fully saturated rings. The molecular formula is C112H113F13N18O5. The number of carbonyl (C=O) groups excluding carboxylic acids is 5. The Balaban J connectivity index is 0.000000164. The van der Waals surface area contributed by atoms with Gasteiger partial charge in [-0.15, -0.1) is 30.6 Å². The maximum absolute atomic E-state index is 13.1. The summed E-state index contributed by atoms with van der Waals surface area (Å²) >= 11 is 0. The molecule has 36 heteroatoms. The van der Waals surface area contributed by atoms with Crippen molar-refractivity contribution in [3.8, 4) is 34.3 Å². The Labute approximate surface area is 847 Å². The first kappa shape index (κ1) is 111. The highest BCUT2D eigenvalue weighted by atomic mass is 19.4. The van der Waals surface area contributed by atoms with Crippen LogP contribution in [0.2, 0.25) is 0 Å². The molecular weight excluding hydrogens is 1920 g/mol. The number of alkyl halides is 13. The van der Waals surface area contributed by atoms with Crippen molar-refractivity contribution in [1.82, 2.24) is 90.2 Å². The summed E-state index contributed by atoms with van der Waals surface area (Å²) in [6, 6.07) is 61.4. The highest BCUT2D eigenvalue weighted by molar-refractivity contribution is 5.91. The quantitative estimate of drug-likeness (QED) is 0.0254. The van der Waals surface area contributed by atoms with Crippen molar-refractivity contribution < 1.29 is 81.0 Å². The summed E-state index contributed by atoms with van der Waals surface area (Å²) in [4.78, 5) is 71.9. The molecule has 772 valence electrons. The van der Waals surface area contributed by atoms with Gasteiger partial charge >= 0.3 is 24.7 Å². The highest BCUT2D eigenvalue weighted by Gasteiger charge is 2.37. The molecule has 7 heterocycles. The zero-order valence-electron chi connectivity index (χ0n) is 82.4. The average molecular weight is 2040 g/mol. The molecule has 0 saturated carbocycles. The molecule has 0 spiro atoms. The van der Waals surface area contributed by atoms with Gasteiger partial charge in [0.05, 0.1) is 100 Å². The van der Waals surface area contributed by atoms with E-state index in [0.717, 1.165) is 155 Å². The second kappa shape index (κ2) is 54.2. The van der Waals surface area contributed by atoms with Crippen LogP contribution in [-0.4, -0.2) is 126 Å². The molecule has 0 aliphatic carbocycles. The number of hydrogen-bond donors (Lipinski definition) is 0. The van der Waals surface area contributed by atoms with E-state index in [9.17, 15) is 81.0 Å². The Hall–Kier alpha value is -15.4. The van der Waals surface area contributed by atoms with Crippen LogP contribution in [0, 0.1) is 5.92 Å². The summed E-state index contributed by atoms with van der Waals surface area (Å²) in [5.41, 5.74) is 8.54. The Kier molecular flexibility index (Phi) is 40.8. The second-order valence-electron chi connectivity index (χ2n) is 36.1. The smallest absolute Gasteiger partial charge is 0.299 e. The number of hydrogen-bond acceptors (Lipinski definition) is 18. The third-order valence-corrected chi connectivity index (χ3v) is 23.8. The van der Waals surface area contributed by atoms with Gasteiger partial charge < -0.3 is 0 Å². The number of nitrogens with zero attached hydrogens (tertiary/aromatic N) is 18. The summed E-state index contributed by atoms with van der Waals surface area (Å²) < 4.78 is 176. The summed E-state index contributed by atoms with van der Waals surface area (Å²) in [5.74, 6) is 0.762. The van der Waals surface area contributed by atoms with Gasteiger partial charge in [0, 0.05) is 93.7 Å². The first-order valence-corrected chi connectivity index (χ1v) is 48.9. The Morgan fingerprint density at radius 1 is 0.324 bits per heavy atom. The number of rotatable bonds is 42. The zero-order chi connectivity index (χ0) is 106. The van der Waals surface area contributed by atoms with E-state index in [1.807, 2.05) is 85.5 Å². The predicted molar refractivity (Wildman–Crippen MR) is 535 cm³/mol. The molecule has 16 rings (SSSR count). The third-order valence-electron chi connectivity index (χ3n) is 23.8. The average Bonchev–Trinajstić information content (AvgIpc) is 1.35. The summed E-state index contributed by atoms with van der Waals surface area (Å²) in [6.07, 6.45) is 8.07. The topological polar surface area (TPSA) is 278 Å². The maximum atomic E-state index is 13.1. The summed E-state index contributed by atoms with van der Waals surface area (Å²) in [7, 11) is 0. The van der Waals surface area contributed by atoms with Crippen LogP contribution in [0.4, 0.5) is 57.1 Å². The molecule has 9 aromatic carbocycles. The lowest BCUT2D eigenvalue weighted by Crippen LogP contribution is -2.14. The number of aromatic nitrogens is 18. The van der Waals surface area contributed by atoms with Crippen LogP contribution in [0.25, 0.3) is 45.0 Å². The van der Waals surface area contributed by atoms with Crippen molar-refractivity contribution >= 4 is 39.7 Å². The van der Waals surface area contributed by atoms with E-state index in [-0.39, 0.29) is 103 Å². The second-order valence-corrected chi connectivity index (χ2v) is 36.1. The van der Waals surface area contributed by atoms with Crippen molar-refractivity contribution in [1.29, 1.82) is 0 Å². The predicted octanol–water partition coefficient (Wildman–Crippen LogP) is 24.0. The molecule has 16 aromatic rings. The monoisotopic (exact) mass is 2040 g/mol. The summed E-state index contributed by atoms with van der Waals surface area (Å²) in [5, 5.41) is 47.5. The number of unbranched alkanes of at least 4 members (excludes halogenated alkanes) is 5. The van der Waals surface area contributed by atoms with Gasteiger partial charge in [-0.25, -0.2) is 23.7 Å². The number of halogens is 13. The van der Waals surface area contributed by atoms with Crippen molar-refractivity contribution in [3.63, 3.8) is 0 Å².